The highest BCUT2D eigenvalue weighted by Crippen LogP contribution is 2.29. The van der Waals surface area contributed by atoms with Crippen molar-refractivity contribution in [3.05, 3.63) is 39.7 Å². The van der Waals surface area contributed by atoms with Gasteiger partial charge in [0.2, 0.25) is 5.89 Å². The largest absolute Gasteiger partial charge is 0.444 e. The molecule has 0 radical (unpaired) electrons. The van der Waals surface area contributed by atoms with E-state index in [0.29, 0.717) is 6.54 Å². The van der Waals surface area contributed by atoms with Crippen molar-refractivity contribution in [2.45, 2.75) is 52.6 Å². The Morgan fingerprint density at radius 3 is 2.63 bits per heavy atom. The van der Waals surface area contributed by atoms with Gasteiger partial charge in [0.25, 0.3) is 0 Å². The minimum Gasteiger partial charge on any atom is -0.444 e. The molecule has 0 aromatic carbocycles. The fourth-order valence-electron chi connectivity index (χ4n) is 1.76. The second-order valence-corrected chi connectivity index (χ2v) is 6.86. The molecule has 2 heterocycles. The zero-order valence-electron chi connectivity index (χ0n) is 12.1. The number of aryl methyl sites for hydroxylation is 1. The third-order valence-electron chi connectivity index (χ3n) is 2.93. The van der Waals surface area contributed by atoms with Gasteiger partial charge in [-0.2, -0.15) is 0 Å². The van der Waals surface area contributed by atoms with Crippen LogP contribution in [0.25, 0.3) is 0 Å². The third kappa shape index (κ3) is 3.91. The molecule has 0 saturated carbocycles. The maximum Gasteiger partial charge on any atom is 0.208 e. The summed E-state index contributed by atoms with van der Waals surface area (Å²) in [6.07, 6.45) is 2.70. The maximum atomic E-state index is 5.56. The Balaban J connectivity index is 1.84. The SMILES string of the molecule is CCc1cnc(CNCc2ccc(C(C)(C)C)s2)o1. The Hall–Kier alpha value is -1.13. The summed E-state index contributed by atoms with van der Waals surface area (Å²) in [4.78, 5) is 7.02. The third-order valence-corrected chi connectivity index (χ3v) is 4.44. The van der Waals surface area contributed by atoms with E-state index in [1.807, 2.05) is 11.3 Å². The number of thiophene rings is 1. The smallest absolute Gasteiger partial charge is 0.208 e. The molecule has 0 unspecified atom stereocenters. The molecule has 0 amide bonds. The van der Waals surface area contributed by atoms with Crippen LogP contribution in [0.4, 0.5) is 0 Å². The zero-order valence-corrected chi connectivity index (χ0v) is 12.9. The molecule has 0 fully saturated rings. The molecular formula is C15H22N2OS. The van der Waals surface area contributed by atoms with Gasteiger partial charge in [-0.15, -0.1) is 11.3 Å². The fourth-order valence-corrected chi connectivity index (χ4v) is 2.80. The van der Waals surface area contributed by atoms with E-state index in [1.165, 1.54) is 9.75 Å². The van der Waals surface area contributed by atoms with Gasteiger partial charge in [-0.25, -0.2) is 4.98 Å². The molecule has 2 aromatic heterocycles. The minimum absolute atomic E-state index is 0.238. The number of nitrogens with one attached hydrogen (secondary N) is 1. The van der Waals surface area contributed by atoms with Gasteiger partial charge in [-0.1, -0.05) is 27.7 Å². The Labute approximate surface area is 119 Å². The first-order valence-electron chi connectivity index (χ1n) is 6.72. The van der Waals surface area contributed by atoms with E-state index in [9.17, 15) is 0 Å². The number of oxazole rings is 1. The number of hydrogen-bond donors (Lipinski definition) is 1. The van der Waals surface area contributed by atoms with Crippen LogP contribution < -0.4 is 5.32 Å². The van der Waals surface area contributed by atoms with E-state index < -0.39 is 0 Å². The monoisotopic (exact) mass is 278 g/mol. The predicted molar refractivity (Wildman–Crippen MR) is 79.4 cm³/mol. The quantitative estimate of drug-likeness (QED) is 0.901. The number of nitrogens with zero attached hydrogens (tertiary/aromatic N) is 1. The lowest BCUT2D eigenvalue weighted by Crippen LogP contribution is -2.12. The summed E-state index contributed by atoms with van der Waals surface area (Å²) in [5.74, 6) is 1.72. The van der Waals surface area contributed by atoms with Crippen LogP contribution >= 0.6 is 11.3 Å². The van der Waals surface area contributed by atoms with Gasteiger partial charge in [-0.3, -0.25) is 0 Å². The van der Waals surface area contributed by atoms with Crippen molar-refractivity contribution in [3.63, 3.8) is 0 Å². The van der Waals surface area contributed by atoms with E-state index >= 15 is 0 Å². The van der Waals surface area contributed by atoms with Crippen LogP contribution in [0.2, 0.25) is 0 Å². The van der Waals surface area contributed by atoms with E-state index in [1.54, 1.807) is 6.20 Å². The normalized spacial score (nSPS) is 12.0. The highest BCUT2D eigenvalue weighted by Gasteiger charge is 2.15. The van der Waals surface area contributed by atoms with Crippen LogP contribution in [0.5, 0.6) is 0 Å². The molecule has 0 aliphatic heterocycles. The number of hydrogen-bond acceptors (Lipinski definition) is 4. The molecule has 4 heteroatoms. The van der Waals surface area contributed by atoms with Crippen LogP contribution in [-0.4, -0.2) is 4.98 Å². The summed E-state index contributed by atoms with van der Waals surface area (Å²) in [5.41, 5.74) is 0.238. The van der Waals surface area contributed by atoms with Crippen molar-refractivity contribution in [1.29, 1.82) is 0 Å². The van der Waals surface area contributed by atoms with Crippen LogP contribution in [-0.2, 0) is 24.9 Å². The molecule has 104 valence electrons. The lowest BCUT2D eigenvalue weighted by atomic mass is 9.95. The predicted octanol–water partition coefficient (Wildman–Crippen LogP) is 3.89. The summed E-state index contributed by atoms with van der Waals surface area (Å²) in [6, 6.07) is 4.42. The molecule has 2 aromatic rings. The zero-order chi connectivity index (χ0) is 13.9. The van der Waals surface area contributed by atoms with Crippen molar-refractivity contribution in [2.24, 2.45) is 0 Å². The summed E-state index contributed by atoms with van der Waals surface area (Å²) < 4.78 is 5.56. The standard InChI is InChI=1S/C15H22N2OS/c1-5-11-8-17-14(18-11)10-16-9-12-6-7-13(19-12)15(2,3)4/h6-8,16H,5,9-10H2,1-4H3. The second kappa shape index (κ2) is 5.88. The number of aromatic nitrogens is 1. The molecular weight excluding hydrogens is 256 g/mol. The van der Waals surface area contributed by atoms with Crippen molar-refractivity contribution in [3.8, 4) is 0 Å². The van der Waals surface area contributed by atoms with E-state index in [0.717, 1.165) is 24.6 Å². The van der Waals surface area contributed by atoms with Gasteiger partial charge >= 0.3 is 0 Å². The van der Waals surface area contributed by atoms with Crippen LogP contribution in [0, 0.1) is 0 Å². The van der Waals surface area contributed by atoms with E-state index in [4.69, 9.17) is 4.42 Å². The highest BCUT2D eigenvalue weighted by atomic mass is 32.1. The molecule has 0 aliphatic carbocycles. The van der Waals surface area contributed by atoms with Crippen LogP contribution in [0.3, 0.4) is 0 Å². The molecule has 3 nitrogen and oxygen atoms in total. The summed E-state index contributed by atoms with van der Waals surface area (Å²) in [6.45, 7) is 10.4. The first-order valence-corrected chi connectivity index (χ1v) is 7.54. The van der Waals surface area contributed by atoms with Gasteiger partial charge in [0, 0.05) is 22.7 Å². The summed E-state index contributed by atoms with van der Waals surface area (Å²) >= 11 is 1.87. The van der Waals surface area contributed by atoms with Gasteiger partial charge < -0.3 is 9.73 Å². The fraction of sp³-hybridized carbons (Fsp3) is 0.533. The Morgan fingerprint density at radius 2 is 2.05 bits per heavy atom. The minimum atomic E-state index is 0.238. The van der Waals surface area contributed by atoms with Gasteiger partial charge in [-0.05, 0) is 17.5 Å². The van der Waals surface area contributed by atoms with E-state index in [-0.39, 0.29) is 5.41 Å². The first-order chi connectivity index (χ1) is 8.99. The lowest BCUT2D eigenvalue weighted by molar-refractivity contribution is 0.439. The van der Waals surface area contributed by atoms with Gasteiger partial charge in [0.1, 0.15) is 5.76 Å². The molecule has 0 atom stereocenters. The molecule has 2 rings (SSSR count). The second-order valence-electron chi connectivity index (χ2n) is 5.69. The van der Waals surface area contributed by atoms with Crippen molar-refractivity contribution in [2.75, 3.05) is 0 Å². The average molecular weight is 278 g/mol. The highest BCUT2D eigenvalue weighted by molar-refractivity contribution is 7.12. The van der Waals surface area contributed by atoms with Crippen molar-refractivity contribution >= 4 is 11.3 Å². The molecule has 0 spiro atoms. The lowest BCUT2D eigenvalue weighted by Gasteiger charge is -2.15. The number of rotatable bonds is 5. The van der Waals surface area contributed by atoms with E-state index in [2.05, 4.69) is 50.1 Å². The Kier molecular flexibility index (Phi) is 4.42. The summed E-state index contributed by atoms with van der Waals surface area (Å²) in [7, 11) is 0. The van der Waals surface area contributed by atoms with Crippen molar-refractivity contribution in [1.82, 2.24) is 10.3 Å². The van der Waals surface area contributed by atoms with Gasteiger partial charge in [0.05, 0.1) is 12.7 Å². The molecule has 0 saturated heterocycles. The summed E-state index contributed by atoms with van der Waals surface area (Å²) in [5, 5.41) is 3.37. The van der Waals surface area contributed by atoms with Crippen LogP contribution in [0.1, 0.15) is 49.1 Å². The topological polar surface area (TPSA) is 38.1 Å². The van der Waals surface area contributed by atoms with Crippen molar-refractivity contribution < 1.29 is 4.42 Å². The van der Waals surface area contributed by atoms with Gasteiger partial charge in [0.15, 0.2) is 0 Å². The molecule has 19 heavy (non-hydrogen) atoms. The maximum absolute atomic E-state index is 5.56. The Morgan fingerprint density at radius 1 is 1.26 bits per heavy atom. The van der Waals surface area contributed by atoms with Crippen LogP contribution in [0.15, 0.2) is 22.7 Å². The first kappa shape index (κ1) is 14.3. The Bertz CT molecular complexity index is 522. The molecule has 1 N–H and O–H groups in total. The molecule has 0 bridgehead atoms. The molecule has 0 aliphatic rings. The average Bonchev–Trinajstić information content (AvgIpc) is 2.96.